The normalized spacial score (nSPS) is 37.8. The first kappa shape index (κ1) is 8.52. The largest absolute Gasteiger partial charge is 0.392 e. The van der Waals surface area contributed by atoms with Crippen LogP contribution in [0.3, 0.4) is 0 Å². The van der Waals surface area contributed by atoms with Gasteiger partial charge in [-0.25, -0.2) is 0 Å². The predicted molar refractivity (Wildman–Crippen MR) is 49.0 cm³/mol. The van der Waals surface area contributed by atoms with Crippen LogP contribution in [0.5, 0.6) is 0 Å². The first-order chi connectivity index (χ1) is 5.86. The third kappa shape index (κ3) is 1.80. The van der Waals surface area contributed by atoms with Gasteiger partial charge in [0.1, 0.15) is 0 Å². The van der Waals surface area contributed by atoms with Crippen LogP contribution in [0.1, 0.15) is 44.9 Å². The van der Waals surface area contributed by atoms with Gasteiger partial charge in [-0.05, 0) is 25.7 Å². The molecule has 70 valence electrons. The maximum absolute atomic E-state index is 9.38. The Morgan fingerprint density at radius 1 is 0.917 bits per heavy atom. The number of aliphatic hydroxyl groups is 1. The topological polar surface area (TPSA) is 32.3 Å². The van der Waals surface area contributed by atoms with Crippen LogP contribution >= 0.6 is 0 Å². The molecule has 0 bridgehead atoms. The van der Waals surface area contributed by atoms with Crippen LogP contribution in [-0.4, -0.2) is 23.3 Å². The number of hydrogen-bond acceptors (Lipinski definition) is 2. The van der Waals surface area contributed by atoms with Crippen molar-refractivity contribution in [3.8, 4) is 0 Å². The van der Waals surface area contributed by atoms with E-state index in [9.17, 15) is 5.11 Å². The predicted octanol–water partition coefficient (Wildman–Crippen LogP) is 1.43. The lowest BCUT2D eigenvalue weighted by Gasteiger charge is -2.37. The molecule has 2 aliphatic carbocycles. The van der Waals surface area contributed by atoms with Crippen LogP contribution in [-0.2, 0) is 0 Å². The fourth-order valence-corrected chi connectivity index (χ4v) is 2.25. The highest BCUT2D eigenvalue weighted by Gasteiger charge is 2.30. The van der Waals surface area contributed by atoms with Gasteiger partial charge in [0.15, 0.2) is 0 Å². The molecule has 2 nitrogen and oxygen atoms in total. The van der Waals surface area contributed by atoms with E-state index in [0.717, 1.165) is 6.42 Å². The monoisotopic (exact) mass is 169 g/mol. The Morgan fingerprint density at radius 3 is 2.17 bits per heavy atom. The van der Waals surface area contributed by atoms with Crippen molar-refractivity contribution in [2.75, 3.05) is 0 Å². The maximum atomic E-state index is 9.38. The molecular weight excluding hydrogens is 150 g/mol. The summed E-state index contributed by atoms with van der Waals surface area (Å²) in [5.74, 6) is 0. The number of hydrogen-bond donors (Lipinski definition) is 2. The summed E-state index contributed by atoms with van der Waals surface area (Å²) in [7, 11) is 0. The Kier molecular flexibility index (Phi) is 2.66. The summed E-state index contributed by atoms with van der Waals surface area (Å²) in [5, 5.41) is 12.9. The summed E-state index contributed by atoms with van der Waals surface area (Å²) >= 11 is 0. The maximum Gasteiger partial charge on any atom is 0.0693 e. The van der Waals surface area contributed by atoms with Crippen molar-refractivity contribution in [3.05, 3.63) is 0 Å². The minimum Gasteiger partial charge on any atom is -0.392 e. The lowest BCUT2D eigenvalue weighted by Crippen LogP contribution is -2.52. The third-order valence-corrected chi connectivity index (χ3v) is 3.29. The van der Waals surface area contributed by atoms with Gasteiger partial charge >= 0.3 is 0 Å². The third-order valence-electron chi connectivity index (χ3n) is 3.29. The average molecular weight is 169 g/mol. The van der Waals surface area contributed by atoms with Gasteiger partial charge in [0.2, 0.25) is 0 Å². The van der Waals surface area contributed by atoms with E-state index < -0.39 is 0 Å². The highest BCUT2D eigenvalue weighted by Crippen LogP contribution is 2.24. The fraction of sp³-hybridized carbons (Fsp3) is 1.00. The van der Waals surface area contributed by atoms with Gasteiger partial charge in [0.05, 0.1) is 6.10 Å². The number of nitrogens with one attached hydrogen (secondary N) is 1. The molecule has 2 atom stereocenters. The lowest BCUT2D eigenvalue weighted by molar-refractivity contribution is 0.0411. The highest BCUT2D eigenvalue weighted by molar-refractivity contribution is 4.89. The molecule has 2 saturated carbocycles. The molecule has 2 heteroatoms. The Hall–Kier alpha value is -0.0800. The molecule has 12 heavy (non-hydrogen) atoms. The molecule has 0 aromatic rings. The van der Waals surface area contributed by atoms with E-state index in [0.29, 0.717) is 12.1 Å². The second-order valence-electron chi connectivity index (χ2n) is 4.25. The van der Waals surface area contributed by atoms with Gasteiger partial charge in [0.25, 0.3) is 0 Å². The lowest BCUT2D eigenvalue weighted by atomic mass is 9.86. The summed E-state index contributed by atoms with van der Waals surface area (Å²) in [6.45, 7) is 0. The summed E-state index contributed by atoms with van der Waals surface area (Å²) < 4.78 is 0. The Balaban J connectivity index is 1.70. The molecule has 0 aliphatic heterocycles. The van der Waals surface area contributed by atoms with Gasteiger partial charge in [-0.1, -0.05) is 19.3 Å². The van der Waals surface area contributed by atoms with E-state index in [2.05, 4.69) is 5.32 Å². The molecule has 0 aromatic heterocycles. The van der Waals surface area contributed by atoms with Crippen LogP contribution < -0.4 is 5.32 Å². The van der Waals surface area contributed by atoms with Gasteiger partial charge < -0.3 is 10.4 Å². The summed E-state index contributed by atoms with van der Waals surface area (Å²) in [5.41, 5.74) is 0. The molecule has 0 saturated heterocycles. The van der Waals surface area contributed by atoms with E-state index in [4.69, 9.17) is 0 Å². The van der Waals surface area contributed by atoms with Gasteiger partial charge in [0, 0.05) is 12.1 Å². The van der Waals surface area contributed by atoms with Gasteiger partial charge in [-0.2, -0.15) is 0 Å². The molecule has 2 aliphatic rings. The minimum atomic E-state index is -0.0491. The Bertz CT molecular complexity index is 143. The number of rotatable bonds is 2. The Labute approximate surface area is 74.4 Å². The molecule has 0 heterocycles. The van der Waals surface area contributed by atoms with Crippen molar-refractivity contribution < 1.29 is 5.11 Å². The molecule has 2 unspecified atom stereocenters. The molecule has 2 rings (SSSR count). The van der Waals surface area contributed by atoms with Gasteiger partial charge in [-0.15, -0.1) is 0 Å². The molecule has 0 spiro atoms. The van der Waals surface area contributed by atoms with Crippen LogP contribution in [0.25, 0.3) is 0 Å². The molecule has 2 fully saturated rings. The van der Waals surface area contributed by atoms with E-state index in [1.165, 1.54) is 38.5 Å². The van der Waals surface area contributed by atoms with Crippen LogP contribution in [0.15, 0.2) is 0 Å². The smallest absolute Gasteiger partial charge is 0.0693 e. The fourth-order valence-electron chi connectivity index (χ4n) is 2.25. The second-order valence-corrected chi connectivity index (χ2v) is 4.25. The first-order valence-electron chi connectivity index (χ1n) is 5.30. The Morgan fingerprint density at radius 2 is 1.67 bits per heavy atom. The first-order valence-corrected chi connectivity index (χ1v) is 5.30. The second kappa shape index (κ2) is 3.75. The standard InChI is InChI=1S/C10H19NO/c12-10-7-6-9(10)11-8-4-2-1-3-5-8/h8-12H,1-7H2. The zero-order valence-electron chi connectivity index (χ0n) is 7.63. The van der Waals surface area contributed by atoms with Crippen molar-refractivity contribution in [3.63, 3.8) is 0 Å². The average Bonchev–Trinajstić information content (AvgIpc) is 2.14. The molecular formula is C10H19NO. The van der Waals surface area contributed by atoms with E-state index in [1.54, 1.807) is 0 Å². The molecule has 0 aromatic carbocycles. The summed E-state index contributed by atoms with van der Waals surface area (Å²) in [4.78, 5) is 0. The van der Waals surface area contributed by atoms with Gasteiger partial charge in [-0.3, -0.25) is 0 Å². The van der Waals surface area contributed by atoms with Crippen LogP contribution in [0.2, 0.25) is 0 Å². The summed E-state index contributed by atoms with van der Waals surface area (Å²) in [6, 6.07) is 1.13. The molecule has 0 amide bonds. The van der Waals surface area contributed by atoms with Crippen LogP contribution in [0, 0.1) is 0 Å². The zero-order chi connectivity index (χ0) is 8.39. The van der Waals surface area contributed by atoms with Crippen molar-refractivity contribution in [1.29, 1.82) is 0 Å². The van der Waals surface area contributed by atoms with Crippen LogP contribution in [0.4, 0.5) is 0 Å². The zero-order valence-corrected chi connectivity index (χ0v) is 7.63. The van der Waals surface area contributed by atoms with E-state index >= 15 is 0 Å². The van der Waals surface area contributed by atoms with E-state index in [-0.39, 0.29) is 6.10 Å². The SMILES string of the molecule is OC1CCC1NC1CCCCC1. The van der Waals surface area contributed by atoms with Crippen molar-refractivity contribution in [2.24, 2.45) is 0 Å². The van der Waals surface area contributed by atoms with E-state index in [1.807, 2.05) is 0 Å². The quantitative estimate of drug-likeness (QED) is 0.655. The number of aliphatic hydroxyl groups excluding tert-OH is 1. The minimum absolute atomic E-state index is 0.0491. The van der Waals surface area contributed by atoms with Crippen molar-refractivity contribution in [1.82, 2.24) is 5.32 Å². The molecule has 0 radical (unpaired) electrons. The van der Waals surface area contributed by atoms with Crippen molar-refractivity contribution >= 4 is 0 Å². The summed E-state index contributed by atoms with van der Waals surface area (Å²) in [6.07, 6.45) is 8.94. The van der Waals surface area contributed by atoms with Crippen molar-refractivity contribution in [2.45, 2.75) is 63.1 Å². The highest BCUT2D eigenvalue weighted by atomic mass is 16.3. The molecule has 2 N–H and O–H groups in total.